The van der Waals surface area contributed by atoms with Crippen LogP contribution in [0.4, 0.5) is 0 Å². The normalized spacial score (nSPS) is 28.1. The van der Waals surface area contributed by atoms with Crippen molar-refractivity contribution in [2.75, 3.05) is 0 Å². The molecule has 0 aromatic rings. The molecule has 1 saturated carbocycles. The van der Waals surface area contributed by atoms with Crippen molar-refractivity contribution in [1.82, 2.24) is 5.32 Å². The Hall–Kier alpha value is -0.0800. The van der Waals surface area contributed by atoms with Gasteiger partial charge in [0.1, 0.15) is 0 Å². The number of nitrogens with one attached hydrogen (secondary N) is 1. The summed E-state index contributed by atoms with van der Waals surface area (Å²) in [7, 11) is 0. The van der Waals surface area contributed by atoms with E-state index in [-0.39, 0.29) is 0 Å². The molecule has 102 valence electrons. The van der Waals surface area contributed by atoms with Crippen molar-refractivity contribution in [3.05, 3.63) is 0 Å². The lowest BCUT2D eigenvalue weighted by molar-refractivity contribution is 0.0673. The van der Waals surface area contributed by atoms with Gasteiger partial charge in [0.2, 0.25) is 0 Å². The molecule has 0 amide bonds. The van der Waals surface area contributed by atoms with Crippen molar-refractivity contribution in [2.24, 2.45) is 5.92 Å². The molecule has 0 aromatic carbocycles. The van der Waals surface area contributed by atoms with Crippen LogP contribution in [0.5, 0.6) is 0 Å². The molecule has 0 bridgehead atoms. The van der Waals surface area contributed by atoms with Gasteiger partial charge in [0, 0.05) is 12.1 Å². The molecule has 0 spiro atoms. The van der Waals surface area contributed by atoms with E-state index >= 15 is 0 Å². The lowest BCUT2D eigenvalue weighted by atomic mass is 9.86. The zero-order valence-electron chi connectivity index (χ0n) is 12.1. The molecule has 1 rings (SSSR count). The molecule has 3 unspecified atom stereocenters. The van der Waals surface area contributed by atoms with Crippen molar-refractivity contribution in [3.63, 3.8) is 0 Å². The van der Waals surface area contributed by atoms with Gasteiger partial charge in [0.05, 0.1) is 5.60 Å². The average molecular weight is 241 g/mol. The molecule has 0 aliphatic heterocycles. The second-order valence-corrected chi connectivity index (χ2v) is 6.74. The second-order valence-electron chi connectivity index (χ2n) is 6.74. The van der Waals surface area contributed by atoms with Crippen LogP contribution in [0, 0.1) is 5.92 Å². The molecule has 2 N–H and O–H groups in total. The van der Waals surface area contributed by atoms with E-state index in [0.29, 0.717) is 6.04 Å². The van der Waals surface area contributed by atoms with Gasteiger partial charge in [0.15, 0.2) is 0 Å². The maximum atomic E-state index is 9.67. The Morgan fingerprint density at radius 2 is 2.06 bits per heavy atom. The fourth-order valence-electron chi connectivity index (χ4n) is 2.91. The average Bonchev–Trinajstić information content (AvgIpc) is 2.15. The van der Waals surface area contributed by atoms with Crippen molar-refractivity contribution < 1.29 is 5.11 Å². The van der Waals surface area contributed by atoms with Crippen molar-refractivity contribution >= 4 is 0 Å². The summed E-state index contributed by atoms with van der Waals surface area (Å²) in [6.45, 7) is 8.44. The summed E-state index contributed by atoms with van der Waals surface area (Å²) in [4.78, 5) is 0. The summed E-state index contributed by atoms with van der Waals surface area (Å²) < 4.78 is 0. The minimum absolute atomic E-state index is 0.501. The lowest BCUT2D eigenvalue weighted by Gasteiger charge is -2.30. The van der Waals surface area contributed by atoms with E-state index in [9.17, 15) is 5.11 Å². The molecule has 2 nitrogen and oxygen atoms in total. The summed E-state index contributed by atoms with van der Waals surface area (Å²) in [5.41, 5.74) is -0.501. The highest BCUT2D eigenvalue weighted by atomic mass is 16.3. The Labute approximate surface area is 107 Å². The fourth-order valence-corrected chi connectivity index (χ4v) is 2.91. The molecule has 0 aromatic heterocycles. The molecule has 1 aliphatic carbocycles. The molecule has 2 heteroatoms. The Morgan fingerprint density at radius 3 is 2.65 bits per heavy atom. The van der Waals surface area contributed by atoms with Gasteiger partial charge in [-0.05, 0) is 58.8 Å². The van der Waals surface area contributed by atoms with Crippen LogP contribution in [-0.4, -0.2) is 22.8 Å². The molecule has 17 heavy (non-hydrogen) atoms. The zero-order valence-corrected chi connectivity index (χ0v) is 12.1. The fraction of sp³-hybridized carbons (Fsp3) is 1.00. The first-order valence-corrected chi connectivity index (χ1v) is 7.35. The molecule has 1 fully saturated rings. The van der Waals surface area contributed by atoms with Gasteiger partial charge in [0.25, 0.3) is 0 Å². The van der Waals surface area contributed by atoms with Crippen LogP contribution < -0.4 is 5.32 Å². The van der Waals surface area contributed by atoms with Gasteiger partial charge in [-0.25, -0.2) is 0 Å². The van der Waals surface area contributed by atoms with Crippen molar-refractivity contribution in [1.29, 1.82) is 0 Å². The molecule has 1 aliphatic rings. The topological polar surface area (TPSA) is 32.3 Å². The van der Waals surface area contributed by atoms with Crippen LogP contribution in [0.15, 0.2) is 0 Å². The summed E-state index contributed by atoms with van der Waals surface area (Å²) >= 11 is 0. The first kappa shape index (κ1) is 15.0. The Morgan fingerprint density at radius 1 is 1.35 bits per heavy atom. The first-order chi connectivity index (χ1) is 7.87. The summed E-state index contributed by atoms with van der Waals surface area (Å²) in [6.07, 6.45) is 8.67. The molecular formula is C15H31NO. The summed E-state index contributed by atoms with van der Waals surface area (Å²) in [5.74, 6) is 0.893. The van der Waals surface area contributed by atoms with Gasteiger partial charge < -0.3 is 10.4 Å². The Balaban J connectivity index is 2.13. The van der Waals surface area contributed by atoms with E-state index in [4.69, 9.17) is 0 Å². The minimum Gasteiger partial charge on any atom is -0.390 e. The second kappa shape index (κ2) is 6.75. The monoisotopic (exact) mass is 241 g/mol. The van der Waals surface area contributed by atoms with Gasteiger partial charge in [-0.2, -0.15) is 0 Å². The third-order valence-corrected chi connectivity index (χ3v) is 3.88. The van der Waals surface area contributed by atoms with Crippen LogP contribution in [0.3, 0.4) is 0 Å². The molecular weight excluding hydrogens is 210 g/mol. The van der Waals surface area contributed by atoms with Crippen LogP contribution in [0.2, 0.25) is 0 Å². The predicted octanol–water partition coefficient (Wildman–Crippen LogP) is 3.48. The van der Waals surface area contributed by atoms with E-state index in [1.165, 1.54) is 32.1 Å². The standard InChI is InChI=1S/C15H31NO/c1-12-7-5-9-14(11-12)16-13(2)8-6-10-15(3,4)17/h12-14,16-17H,5-11H2,1-4H3. The van der Waals surface area contributed by atoms with Gasteiger partial charge in [-0.1, -0.05) is 19.8 Å². The van der Waals surface area contributed by atoms with E-state index in [1.54, 1.807) is 0 Å². The van der Waals surface area contributed by atoms with E-state index < -0.39 is 5.60 Å². The van der Waals surface area contributed by atoms with E-state index in [0.717, 1.165) is 24.8 Å². The summed E-state index contributed by atoms with van der Waals surface area (Å²) in [6, 6.07) is 1.32. The highest BCUT2D eigenvalue weighted by molar-refractivity contribution is 4.78. The highest BCUT2D eigenvalue weighted by Gasteiger charge is 2.20. The largest absolute Gasteiger partial charge is 0.390 e. The number of rotatable bonds is 6. The third-order valence-electron chi connectivity index (χ3n) is 3.88. The SMILES string of the molecule is CC1CCCC(NC(C)CCCC(C)(C)O)C1. The van der Waals surface area contributed by atoms with Gasteiger partial charge in [-0.3, -0.25) is 0 Å². The maximum absolute atomic E-state index is 9.67. The maximum Gasteiger partial charge on any atom is 0.0591 e. The molecule has 0 radical (unpaired) electrons. The van der Waals surface area contributed by atoms with Crippen LogP contribution in [0.1, 0.15) is 72.6 Å². The lowest BCUT2D eigenvalue weighted by Crippen LogP contribution is -2.39. The molecule has 0 saturated heterocycles. The van der Waals surface area contributed by atoms with Crippen LogP contribution in [0.25, 0.3) is 0 Å². The zero-order chi connectivity index (χ0) is 12.9. The molecule has 3 atom stereocenters. The van der Waals surface area contributed by atoms with Gasteiger partial charge >= 0.3 is 0 Å². The quantitative estimate of drug-likeness (QED) is 0.746. The van der Waals surface area contributed by atoms with Crippen molar-refractivity contribution in [2.45, 2.75) is 90.3 Å². The predicted molar refractivity (Wildman–Crippen MR) is 74.2 cm³/mol. The minimum atomic E-state index is -0.501. The summed E-state index contributed by atoms with van der Waals surface area (Å²) in [5, 5.41) is 13.4. The number of hydrogen-bond donors (Lipinski definition) is 2. The van der Waals surface area contributed by atoms with E-state index in [2.05, 4.69) is 19.2 Å². The molecule has 0 heterocycles. The number of aliphatic hydroxyl groups is 1. The third kappa shape index (κ3) is 7.05. The highest BCUT2D eigenvalue weighted by Crippen LogP contribution is 2.24. The van der Waals surface area contributed by atoms with Crippen LogP contribution in [-0.2, 0) is 0 Å². The van der Waals surface area contributed by atoms with E-state index in [1.807, 2.05) is 13.8 Å². The number of hydrogen-bond acceptors (Lipinski definition) is 2. The van der Waals surface area contributed by atoms with Crippen LogP contribution >= 0.6 is 0 Å². The van der Waals surface area contributed by atoms with Crippen molar-refractivity contribution in [3.8, 4) is 0 Å². The first-order valence-electron chi connectivity index (χ1n) is 7.35. The van der Waals surface area contributed by atoms with Gasteiger partial charge in [-0.15, -0.1) is 0 Å². The Bertz CT molecular complexity index is 209. The Kier molecular flexibility index (Phi) is 5.94. The smallest absolute Gasteiger partial charge is 0.0591 e.